The Morgan fingerprint density at radius 2 is 1.97 bits per heavy atom. The number of carbonyl (C=O) groups excluding carboxylic acids is 1. The molecule has 2 aromatic carbocycles. The quantitative estimate of drug-likeness (QED) is 0.464. The van der Waals surface area contributed by atoms with Gasteiger partial charge in [0.25, 0.3) is 0 Å². The van der Waals surface area contributed by atoms with E-state index in [0.29, 0.717) is 24.0 Å². The number of hydrogen-bond acceptors (Lipinski definition) is 5. The van der Waals surface area contributed by atoms with Crippen molar-refractivity contribution < 1.29 is 13.6 Å². The van der Waals surface area contributed by atoms with E-state index in [2.05, 4.69) is 27.3 Å². The van der Waals surface area contributed by atoms with Crippen LogP contribution in [0, 0.1) is 11.7 Å². The van der Waals surface area contributed by atoms with Gasteiger partial charge in [-0.2, -0.15) is 0 Å². The van der Waals surface area contributed by atoms with Gasteiger partial charge >= 0.3 is 0 Å². The maximum atomic E-state index is 13.4. The van der Waals surface area contributed by atoms with Crippen molar-refractivity contribution in [3.8, 4) is 11.5 Å². The Kier molecular flexibility index (Phi) is 5.92. The Morgan fingerprint density at radius 1 is 1.15 bits per heavy atom. The number of halogens is 1. The molecule has 1 aliphatic rings. The third-order valence-electron chi connectivity index (χ3n) is 6.14. The average Bonchev–Trinajstić information content (AvgIpc) is 3.40. The van der Waals surface area contributed by atoms with Gasteiger partial charge in [0.1, 0.15) is 12.4 Å². The lowest BCUT2D eigenvalue weighted by atomic mass is 9.99. The summed E-state index contributed by atoms with van der Waals surface area (Å²) in [4.78, 5) is 15.0. The molecule has 4 aromatic rings. The van der Waals surface area contributed by atoms with Crippen LogP contribution in [0.3, 0.4) is 0 Å². The average molecular weight is 448 g/mol. The SMILES string of the molecule is CC1CCN(Cc2nnc(-c3cn(CC(=O)Nc4cccc(F)c4)c4ccccc34)o2)CC1. The molecule has 1 aliphatic heterocycles. The van der Waals surface area contributed by atoms with E-state index >= 15 is 0 Å². The molecule has 0 atom stereocenters. The second kappa shape index (κ2) is 9.15. The summed E-state index contributed by atoms with van der Waals surface area (Å²) in [6.07, 6.45) is 4.23. The number of carbonyl (C=O) groups is 1. The molecule has 1 saturated heterocycles. The molecular weight excluding hydrogens is 421 g/mol. The summed E-state index contributed by atoms with van der Waals surface area (Å²) in [6.45, 7) is 5.09. The maximum Gasteiger partial charge on any atom is 0.249 e. The van der Waals surface area contributed by atoms with Gasteiger partial charge in [0.15, 0.2) is 0 Å². The zero-order valence-electron chi connectivity index (χ0n) is 18.5. The molecule has 0 aliphatic carbocycles. The van der Waals surface area contributed by atoms with Gasteiger partial charge in [-0.05, 0) is 56.1 Å². The number of likely N-dealkylation sites (tertiary alicyclic amines) is 1. The van der Waals surface area contributed by atoms with Crippen LogP contribution >= 0.6 is 0 Å². The zero-order valence-corrected chi connectivity index (χ0v) is 18.5. The molecule has 3 heterocycles. The molecule has 0 saturated carbocycles. The minimum atomic E-state index is -0.396. The summed E-state index contributed by atoms with van der Waals surface area (Å²) in [5.41, 5.74) is 2.09. The van der Waals surface area contributed by atoms with E-state index in [1.54, 1.807) is 12.1 Å². The summed E-state index contributed by atoms with van der Waals surface area (Å²) in [5.74, 6) is 1.16. The van der Waals surface area contributed by atoms with Gasteiger partial charge in [0.05, 0.1) is 12.1 Å². The molecule has 2 aromatic heterocycles. The first kappa shape index (κ1) is 21.3. The predicted molar refractivity (Wildman–Crippen MR) is 124 cm³/mol. The number of benzene rings is 2. The number of nitrogens with one attached hydrogen (secondary N) is 1. The van der Waals surface area contributed by atoms with Crippen molar-refractivity contribution in [2.45, 2.75) is 32.9 Å². The minimum Gasteiger partial charge on any atom is -0.419 e. The van der Waals surface area contributed by atoms with Crippen LogP contribution in [0.1, 0.15) is 25.7 Å². The zero-order chi connectivity index (χ0) is 22.8. The predicted octanol–water partition coefficient (Wildman–Crippen LogP) is 4.70. The van der Waals surface area contributed by atoms with Crippen molar-refractivity contribution in [3.63, 3.8) is 0 Å². The Balaban J connectivity index is 1.35. The van der Waals surface area contributed by atoms with Crippen LogP contribution in [0.15, 0.2) is 59.1 Å². The topological polar surface area (TPSA) is 76.2 Å². The number of anilines is 1. The summed E-state index contributed by atoms with van der Waals surface area (Å²) in [7, 11) is 0. The van der Waals surface area contributed by atoms with Crippen LogP contribution in [0.4, 0.5) is 10.1 Å². The molecular formula is C25H26FN5O2. The molecule has 170 valence electrons. The second-order valence-electron chi connectivity index (χ2n) is 8.71. The van der Waals surface area contributed by atoms with Gasteiger partial charge in [-0.25, -0.2) is 4.39 Å². The van der Waals surface area contributed by atoms with Crippen molar-refractivity contribution in [3.05, 3.63) is 66.4 Å². The maximum absolute atomic E-state index is 13.4. The first-order valence-corrected chi connectivity index (χ1v) is 11.2. The lowest BCUT2D eigenvalue weighted by Gasteiger charge is -2.28. The fraction of sp³-hybridized carbons (Fsp3) is 0.320. The molecule has 1 fully saturated rings. The van der Waals surface area contributed by atoms with Crippen LogP contribution in [0.5, 0.6) is 0 Å². The summed E-state index contributed by atoms with van der Waals surface area (Å²) in [5, 5.41) is 12.2. The van der Waals surface area contributed by atoms with E-state index in [4.69, 9.17) is 4.42 Å². The molecule has 0 radical (unpaired) electrons. The first-order valence-electron chi connectivity index (χ1n) is 11.2. The van der Waals surface area contributed by atoms with E-state index in [1.807, 2.05) is 35.0 Å². The highest BCUT2D eigenvalue weighted by Gasteiger charge is 2.20. The molecule has 0 spiro atoms. The lowest BCUT2D eigenvalue weighted by Crippen LogP contribution is -2.32. The van der Waals surface area contributed by atoms with Crippen molar-refractivity contribution in [1.29, 1.82) is 0 Å². The lowest BCUT2D eigenvalue weighted by molar-refractivity contribution is -0.116. The molecule has 5 rings (SSSR count). The first-order chi connectivity index (χ1) is 16.0. The Morgan fingerprint density at radius 3 is 2.79 bits per heavy atom. The molecule has 33 heavy (non-hydrogen) atoms. The van der Waals surface area contributed by atoms with E-state index in [0.717, 1.165) is 35.5 Å². The largest absolute Gasteiger partial charge is 0.419 e. The summed E-state index contributed by atoms with van der Waals surface area (Å²) >= 11 is 0. The monoisotopic (exact) mass is 447 g/mol. The van der Waals surface area contributed by atoms with Crippen molar-refractivity contribution in [1.82, 2.24) is 19.7 Å². The van der Waals surface area contributed by atoms with Crippen LogP contribution in [-0.2, 0) is 17.9 Å². The third-order valence-corrected chi connectivity index (χ3v) is 6.14. The molecule has 7 nitrogen and oxygen atoms in total. The summed E-state index contributed by atoms with van der Waals surface area (Å²) < 4.78 is 21.3. The van der Waals surface area contributed by atoms with Gasteiger partial charge in [-0.3, -0.25) is 9.69 Å². The normalized spacial score (nSPS) is 15.2. The standard InChI is InChI=1S/C25H26FN5O2/c1-17-9-11-30(12-10-17)16-24-28-29-25(33-24)21-14-31(22-8-3-2-7-20(21)22)15-23(32)27-19-6-4-5-18(26)13-19/h2-8,13-14,17H,9-12,15-16H2,1H3,(H,27,32). The number of amides is 1. The molecule has 8 heteroatoms. The van der Waals surface area contributed by atoms with Crippen LogP contribution in [0.25, 0.3) is 22.4 Å². The molecule has 1 amide bonds. The van der Waals surface area contributed by atoms with Gasteiger partial charge in [0, 0.05) is 22.8 Å². The highest BCUT2D eigenvalue weighted by molar-refractivity contribution is 5.96. The Bertz CT molecular complexity index is 1270. The van der Waals surface area contributed by atoms with Gasteiger partial charge < -0.3 is 14.3 Å². The van der Waals surface area contributed by atoms with Gasteiger partial charge in [-0.15, -0.1) is 10.2 Å². The van der Waals surface area contributed by atoms with Gasteiger partial charge in [0.2, 0.25) is 17.7 Å². The number of para-hydroxylation sites is 1. The third kappa shape index (κ3) is 4.80. The minimum absolute atomic E-state index is 0.0734. The van der Waals surface area contributed by atoms with Crippen molar-refractivity contribution >= 4 is 22.5 Å². The van der Waals surface area contributed by atoms with Crippen LogP contribution in [-0.4, -0.2) is 38.7 Å². The van der Waals surface area contributed by atoms with Crippen LogP contribution < -0.4 is 5.32 Å². The highest BCUT2D eigenvalue weighted by atomic mass is 19.1. The number of nitrogens with zero attached hydrogens (tertiary/aromatic N) is 4. The second-order valence-corrected chi connectivity index (χ2v) is 8.71. The smallest absolute Gasteiger partial charge is 0.249 e. The van der Waals surface area contributed by atoms with E-state index in [1.165, 1.54) is 25.0 Å². The van der Waals surface area contributed by atoms with Crippen molar-refractivity contribution in [2.75, 3.05) is 18.4 Å². The van der Waals surface area contributed by atoms with E-state index in [-0.39, 0.29) is 12.5 Å². The Labute approximate surface area is 191 Å². The van der Waals surface area contributed by atoms with Crippen LogP contribution in [0.2, 0.25) is 0 Å². The number of fused-ring (bicyclic) bond motifs is 1. The van der Waals surface area contributed by atoms with E-state index < -0.39 is 5.82 Å². The van der Waals surface area contributed by atoms with Gasteiger partial charge in [-0.1, -0.05) is 31.2 Å². The fourth-order valence-electron chi connectivity index (χ4n) is 4.31. The number of rotatable bonds is 6. The molecule has 0 bridgehead atoms. The number of piperidine rings is 1. The number of aromatic nitrogens is 3. The number of hydrogen-bond donors (Lipinski definition) is 1. The Hall–Kier alpha value is -3.52. The molecule has 1 N–H and O–H groups in total. The van der Waals surface area contributed by atoms with Crippen molar-refractivity contribution in [2.24, 2.45) is 5.92 Å². The molecule has 0 unspecified atom stereocenters. The highest BCUT2D eigenvalue weighted by Crippen LogP contribution is 2.30. The summed E-state index contributed by atoms with van der Waals surface area (Å²) in [6, 6.07) is 13.6. The fourth-order valence-corrected chi connectivity index (χ4v) is 4.31. The van der Waals surface area contributed by atoms with E-state index in [9.17, 15) is 9.18 Å².